The van der Waals surface area contributed by atoms with Gasteiger partial charge in [-0.05, 0) is 19.1 Å². The van der Waals surface area contributed by atoms with Crippen LogP contribution in [0.3, 0.4) is 0 Å². The summed E-state index contributed by atoms with van der Waals surface area (Å²) in [6.07, 6.45) is 0.772. The van der Waals surface area contributed by atoms with Gasteiger partial charge in [0.2, 0.25) is 0 Å². The Balaban J connectivity index is 1.77. The van der Waals surface area contributed by atoms with Gasteiger partial charge in [-0.15, -0.1) is 6.58 Å². The number of non-ortho nitro benzene ring substituents is 1. The van der Waals surface area contributed by atoms with E-state index >= 15 is 0 Å². The summed E-state index contributed by atoms with van der Waals surface area (Å²) in [4.78, 5) is 37.9. The molecule has 0 spiro atoms. The Labute approximate surface area is 157 Å². The highest BCUT2D eigenvalue weighted by Crippen LogP contribution is 2.20. The molecule has 1 fully saturated rings. The lowest BCUT2D eigenvalue weighted by atomic mass is 10.2. The van der Waals surface area contributed by atoms with Crippen molar-refractivity contribution in [2.75, 3.05) is 44.3 Å². The Morgan fingerprint density at radius 3 is 2.44 bits per heavy atom. The number of nitro benzene ring substituents is 1. The van der Waals surface area contributed by atoms with Crippen LogP contribution < -0.4 is 4.90 Å². The van der Waals surface area contributed by atoms with E-state index in [4.69, 9.17) is 9.47 Å². The molecule has 1 aromatic rings. The molecule has 1 aliphatic rings. The third kappa shape index (κ3) is 5.78. The number of nitrogens with zero attached hydrogens (tertiary/aromatic N) is 3. The average molecular weight is 377 g/mol. The molecule has 0 aliphatic carbocycles. The zero-order chi connectivity index (χ0) is 19.8. The fourth-order valence-corrected chi connectivity index (χ4v) is 2.62. The van der Waals surface area contributed by atoms with Crippen LogP contribution in [0.25, 0.3) is 0 Å². The lowest BCUT2D eigenvalue weighted by Crippen LogP contribution is -2.50. The monoisotopic (exact) mass is 377 g/mol. The number of esters is 1. The molecule has 1 atom stereocenters. The summed E-state index contributed by atoms with van der Waals surface area (Å²) in [7, 11) is 0. The Kier molecular flexibility index (Phi) is 7.30. The number of anilines is 1. The summed E-state index contributed by atoms with van der Waals surface area (Å²) < 4.78 is 10.1. The van der Waals surface area contributed by atoms with Crippen LogP contribution in [0.5, 0.6) is 0 Å². The van der Waals surface area contributed by atoms with Crippen LogP contribution in [0, 0.1) is 10.1 Å². The van der Waals surface area contributed by atoms with Crippen LogP contribution in [0.2, 0.25) is 0 Å². The lowest BCUT2D eigenvalue weighted by Gasteiger charge is -2.36. The van der Waals surface area contributed by atoms with Gasteiger partial charge in [-0.3, -0.25) is 14.9 Å². The molecule has 1 heterocycles. The van der Waals surface area contributed by atoms with Crippen molar-refractivity contribution in [1.82, 2.24) is 4.90 Å². The molecule has 0 aromatic heterocycles. The Hall–Kier alpha value is -2.94. The van der Waals surface area contributed by atoms with Gasteiger partial charge >= 0.3 is 5.97 Å². The van der Waals surface area contributed by atoms with Crippen LogP contribution in [0.15, 0.2) is 36.9 Å². The summed E-state index contributed by atoms with van der Waals surface area (Å²) in [5, 5.41) is 10.7. The van der Waals surface area contributed by atoms with Gasteiger partial charge in [0.25, 0.3) is 11.6 Å². The number of ether oxygens (including phenoxy) is 2. The van der Waals surface area contributed by atoms with Crippen LogP contribution in [0.1, 0.15) is 6.92 Å². The number of amides is 1. The fraction of sp³-hybridized carbons (Fsp3) is 0.444. The minimum absolute atomic E-state index is 0.0423. The van der Waals surface area contributed by atoms with Crippen molar-refractivity contribution in [1.29, 1.82) is 0 Å². The molecule has 1 aromatic carbocycles. The van der Waals surface area contributed by atoms with E-state index in [0.29, 0.717) is 26.2 Å². The number of carbonyl (C=O) groups is 2. The summed E-state index contributed by atoms with van der Waals surface area (Å²) in [6, 6.07) is 6.31. The van der Waals surface area contributed by atoms with Crippen molar-refractivity contribution < 1.29 is 24.0 Å². The molecule has 9 nitrogen and oxygen atoms in total. The normalized spacial score (nSPS) is 15.1. The standard InChI is InChI=1S/C18H23N3O6/c1-3-12-26-14(2)18(23)27-13-17(22)20-10-8-19(9-11-20)15-4-6-16(7-5-15)21(24)25/h3-7,14H,1,8-13H2,2H3. The highest BCUT2D eigenvalue weighted by Gasteiger charge is 2.23. The number of hydrogen-bond donors (Lipinski definition) is 0. The average Bonchev–Trinajstić information content (AvgIpc) is 2.70. The van der Waals surface area contributed by atoms with Gasteiger partial charge in [0.1, 0.15) is 0 Å². The molecule has 1 aliphatic heterocycles. The summed E-state index contributed by atoms with van der Waals surface area (Å²) in [6.45, 7) is 7.11. The SMILES string of the molecule is C=CCOC(C)C(=O)OCC(=O)N1CCN(c2ccc([N+](=O)[O-])cc2)CC1. The Morgan fingerprint density at radius 1 is 1.26 bits per heavy atom. The topological polar surface area (TPSA) is 102 Å². The lowest BCUT2D eigenvalue weighted by molar-refractivity contribution is -0.384. The van der Waals surface area contributed by atoms with E-state index in [9.17, 15) is 19.7 Å². The third-order valence-electron chi connectivity index (χ3n) is 4.19. The van der Waals surface area contributed by atoms with Crippen LogP contribution in [0.4, 0.5) is 11.4 Å². The summed E-state index contributed by atoms with van der Waals surface area (Å²) in [5.74, 6) is -0.850. The van der Waals surface area contributed by atoms with Gasteiger partial charge in [0, 0.05) is 44.0 Å². The molecule has 0 saturated carbocycles. The zero-order valence-corrected chi connectivity index (χ0v) is 15.2. The largest absolute Gasteiger partial charge is 0.454 e. The first-order valence-corrected chi connectivity index (χ1v) is 8.58. The minimum Gasteiger partial charge on any atom is -0.454 e. The van der Waals surface area contributed by atoms with Crippen molar-refractivity contribution in [3.63, 3.8) is 0 Å². The molecule has 9 heteroatoms. The summed E-state index contributed by atoms with van der Waals surface area (Å²) in [5.41, 5.74) is 0.910. The molecule has 1 amide bonds. The van der Waals surface area contributed by atoms with Crippen molar-refractivity contribution >= 4 is 23.3 Å². The zero-order valence-electron chi connectivity index (χ0n) is 15.2. The van der Waals surface area contributed by atoms with Crippen LogP contribution >= 0.6 is 0 Å². The van der Waals surface area contributed by atoms with E-state index in [0.717, 1.165) is 5.69 Å². The predicted molar refractivity (Wildman–Crippen MR) is 98.5 cm³/mol. The van der Waals surface area contributed by atoms with Crippen molar-refractivity contribution in [2.45, 2.75) is 13.0 Å². The highest BCUT2D eigenvalue weighted by atomic mass is 16.6. The van der Waals surface area contributed by atoms with E-state index in [1.807, 2.05) is 4.90 Å². The second-order valence-corrected chi connectivity index (χ2v) is 6.01. The number of piperazine rings is 1. The second kappa shape index (κ2) is 9.67. The first kappa shape index (κ1) is 20.4. The van der Waals surface area contributed by atoms with Gasteiger partial charge in [0.05, 0.1) is 11.5 Å². The predicted octanol–water partition coefficient (Wildman–Crippen LogP) is 1.38. The molecule has 0 radical (unpaired) electrons. The van der Waals surface area contributed by atoms with Gasteiger partial charge in [-0.25, -0.2) is 4.79 Å². The number of carbonyl (C=O) groups excluding carboxylic acids is 2. The maximum Gasteiger partial charge on any atom is 0.335 e. The van der Waals surface area contributed by atoms with E-state index in [1.54, 1.807) is 24.0 Å². The molecular weight excluding hydrogens is 354 g/mol. The molecular formula is C18H23N3O6. The van der Waals surface area contributed by atoms with E-state index in [2.05, 4.69) is 6.58 Å². The van der Waals surface area contributed by atoms with Crippen molar-refractivity contribution in [3.05, 3.63) is 47.0 Å². The van der Waals surface area contributed by atoms with E-state index < -0.39 is 17.0 Å². The number of hydrogen-bond acceptors (Lipinski definition) is 7. The number of nitro groups is 1. The Bertz CT molecular complexity index is 683. The van der Waals surface area contributed by atoms with E-state index in [1.165, 1.54) is 18.2 Å². The minimum atomic E-state index is -0.755. The van der Waals surface area contributed by atoms with Gasteiger partial charge in [-0.1, -0.05) is 6.08 Å². The van der Waals surface area contributed by atoms with Crippen molar-refractivity contribution in [3.8, 4) is 0 Å². The highest BCUT2D eigenvalue weighted by molar-refractivity contribution is 5.82. The molecule has 0 bridgehead atoms. The molecule has 2 rings (SSSR count). The maximum absolute atomic E-state index is 12.2. The molecule has 0 N–H and O–H groups in total. The quantitative estimate of drug-likeness (QED) is 0.292. The third-order valence-corrected chi connectivity index (χ3v) is 4.19. The maximum atomic E-state index is 12.2. The first-order chi connectivity index (χ1) is 12.9. The summed E-state index contributed by atoms with van der Waals surface area (Å²) >= 11 is 0. The number of rotatable bonds is 8. The molecule has 146 valence electrons. The molecule has 27 heavy (non-hydrogen) atoms. The van der Waals surface area contributed by atoms with Crippen LogP contribution in [-0.2, 0) is 19.1 Å². The molecule has 1 saturated heterocycles. The van der Waals surface area contributed by atoms with Gasteiger partial charge in [0.15, 0.2) is 12.7 Å². The number of benzene rings is 1. The van der Waals surface area contributed by atoms with Crippen LogP contribution in [-0.4, -0.2) is 67.2 Å². The fourth-order valence-electron chi connectivity index (χ4n) is 2.62. The second-order valence-electron chi connectivity index (χ2n) is 6.01. The van der Waals surface area contributed by atoms with Gasteiger partial charge in [-0.2, -0.15) is 0 Å². The molecule has 1 unspecified atom stereocenters. The first-order valence-electron chi connectivity index (χ1n) is 8.58. The smallest absolute Gasteiger partial charge is 0.335 e. The van der Waals surface area contributed by atoms with Crippen molar-refractivity contribution in [2.24, 2.45) is 0 Å². The Morgan fingerprint density at radius 2 is 1.89 bits per heavy atom. The van der Waals surface area contributed by atoms with Gasteiger partial charge < -0.3 is 19.3 Å². The van der Waals surface area contributed by atoms with E-state index in [-0.39, 0.29) is 24.8 Å².